The van der Waals surface area contributed by atoms with E-state index in [0.717, 1.165) is 40.5 Å². The van der Waals surface area contributed by atoms with Gasteiger partial charge in [-0.15, -0.1) is 11.6 Å². The monoisotopic (exact) mass is 484 g/mol. The van der Waals surface area contributed by atoms with Crippen molar-refractivity contribution in [3.8, 4) is 11.4 Å². The first-order valence-electron chi connectivity index (χ1n) is 10.7. The Kier molecular flexibility index (Phi) is 6.96. The molecule has 0 saturated carbocycles. The minimum absolute atomic E-state index is 0.552. The molecule has 0 aliphatic carbocycles. The molecule has 8 heteroatoms. The Bertz CT molecular complexity index is 1170. The van der Waals surface area contributed by atoms with Gasteiger partial charge in [-0.05, 0) is 49.2 Å². The van der Waals surface area contributed by atoms with Crippen molar-refractivity contribution >= 4 is 35.1 Å². The predicted molar refractivity (Wildman–Crippen MR) is 133 cm³/mol. The Morgan fingerprint density at radius 1 is 1.15 bits per heavy atom. The first kappa shape index (κ1) is 23.2. The summed E-state index contributed by atoms with van der Waals surface area (Å²) in [6.07, 6.45) is 8.48. The molecule has 172 valence electrons. The summed E-state index contributed by atoms with van der Waals surface area (Å²) in [5.74, 6) is 2.03. The van der Waals surface area contributed by atoms with E-state index >= 15 is 0 Å². The minimum Gasteiger partial charge on any atom is -0.495 e. The smallest absolute Gasteiger partial charge is 0.234 e. The third-order valence-electron chi connectivity index (χ3n) is 5.62. The van der Waals surface area contributed by atoms with Crippen LogP contribution in [-0.2, 0) is 10.6 Å². The third kappa shape index (κ3) is 4.87. The molecule has 0 fully saturated rings. The van der Waals surface area contributed by atoms with E-state index in [9.17, 15) is 0 Å². The molecule has 33 heavy (non-hydrogen) atoms. The highest BCUT2D eigenvalue weighted by molar-refractivity contribution is 6.30. The van der Waals surface area contributed by atoms with Crippen LogP contribution in [-0.4, -0.2) is 39.8 Å². The second-order valence-electron chi connectivity index (χ2n) is 7.91. The van der Waals surface area contributed by atoms with Crippen LogP contribution < -0.4 is 4.74 Å². The number of rotatable bonds is 8. The lowest BCUT2D eigenvalue weighted by atomic mass is 10.0. The highest BCUT2D eigenvalue weighted by Crippen LogP contribution is 2.36. The number of ether oxygens (including phenoxy) is 1. The zero-order valence-electron chi connectivity index (χ0n) is 18.8. The number of imidazole rings is 1. The largest absolute Gasteiger partial charge is 0.495 e. The Morgan fingerprint density at radius 3 is 2.61 bits per heavy atom. The number of hydrogen-bond donors (Lipinski definition) is 0. The number of alkyl halides is 1. The van der Waals surface area contributed by atoms with Crippen molar-refractivity contribution in [3.05, 3.63) is 82.9 Å². The molecule has 1 atom stereocenters. The summed E-state index contributed by atoms with van der Waals surface area (Å²) < 4.78 is 7.57. The molecule has 0 bridgehead atoms. The van der Waals surface area contributed by atoms with Crippen LogP contribution in [0.1, 0.15) is 30.2 Å². The summed E-state index contributed by atoms with van der Waals surface area (Å²) in [5.41, 5.74) is 3.08. The van der Waals surface area contributed by atoms with Gasteiger partial charge in [0.2, 0.25) is 5.72 Å². The van der Waals surface area contributed by atoms with Crippen LogP contribution in [0.5, 0.6) is 5.75 Å². The van der Waals surface area contributed by atoms with E-state index in [4.69, 9.17) is 32.8 Å². The van der Waals surface area contributed by atoms with Gasteiger partial charge in [0, 0.05) is 36.1 Å². The van der Waals surface area contributed by atoms with E-state index in [-0.39, 0.29) is 0 Å². The summed E-state index contributed by atoms with van der Waals surface area (Å²) >= 11 is 12.1. The molecule has 2 heterocycles. The number of methoxy groups -OCH3 is 1. The predicted octanol–water partition coefficient (Wildman–Crippen LogP) is 6.00. The SMILES string of the molecule is COc1cc(C=CC2=NOC(C)(c3ccc(Cl)cc3)N2CCCCl)ccc1-n1cnc(C)c1. The maximum Gasteiger partial charge on any atom is 0.234 e. The summed E-state index contributed by atoms with van der Waals surface area (Å²) in [7, 11) is 1.66. The lowest BCUT2D eigenvalue weighted by Crippen LogP contribution is -2.44. The average Bonchev–Trinajstić information content (AvgIpc) is 3.40. The van der Waals surface area contributed by atoms with Crippen molar-refractivity contribution in [1.82, 2.24) is 14.5 Å². The van der Waals surface area contributed by atoms with Crippen LogP contribution in [0.3, 0.4) is 0 Å². The molecule has 0 radical (unpaired) electrons. The molecule has 3 aromatic rings. The van der Waals surface area contributed by atoms with E-state index in [0.29, 0.717) is 17.4 Å². The van der Waals surface area contributed by atoms with Gasteiger partial charge < -0.3 is 19.0 Å². The molecule has 1 unspecified atom stereocenters. The molecular formula is C25H26Cl2N4O2. The van der Waals surface area contributed by atoms with E-state index < -0.39 is 5.72 Å². The lowest BCUT2D eigenvalue weighted by molar-refractivity contribution is -0.0901. The van der Waals surface area contributed by atoms with Crippen molar-refractivity contribution < 1.29 is 9.57 Å². The molecule has 2 aromatic carbocycles. The van der Waals surface area contributed by atoms with Gasteiger partial charge in [-0.25, -0.2) is 4.98 Å². The zero-order chi connectivity index (χ0) is 23.4. The summed E-state index contributed by atoms with van der Waals surface area (Å²) in [6.45, 7) is 4.66. The van der Waals surface area contributed by atoms with Crippen LogP contribution in [0.25, 0.3) is 11.8 Å². The number of hydrogen-bond acceptors (Lipinski definition) is 5. The fraction of sp³-hybridized carbons (Fsp3) is 0.280. The maximum atomic E-state index is 6.08. The van der Waals surface area contributed by atoms with Gasteiger partial charge in [0.1, 0.15) is 5.75 Å². The van der Waals surface area contributed by atoms with Gasteiger partial charge in [0.15, 0.2) is 5.84 Å². The third-order valence-corrected chi connectivity index (χ3v) is 6.14. The maximum absolute atomic E-state index is 6.08. The molecule has 0 spiro atoms. The molecule has 0 amide bonds. The number of benzene rings is 2. The Labute approximate surface area is 204 Å². The van der Waals surface area contributed by atoms with Gasteiger partial charge in [-0.1, -0.05) is 41.0 Å². The number of aryl methyl sites for hydroxylation is 1. The molecule has 6 nitrogen and oxygen atoms in total. The van der Waals surface area contributed by atoms with E-state index in [1.54, 1.807) is 13.4 Å². The lowest BCUT2D eigenvalue weighted by Gasteiger charge is -2.34. The molecule has 4 rings (SSSR count). The molecule has 0 saturated heterocycles. The highest BCUT2D eigenvalue weighted by Gasteiger charge is 2.42. The van der Waals surface area contributed by atoms with Crippen molar-refractivity contribution in [2.24, 2.45) is 5.16 Å². The first-order chi connectivity index (χ1) is 15.9. The Balaban J connectivity index is 1.59. The normalized spacial score (nSPS) is 18.0. The molecular weight excluding hydrogens is 459 g/mol. The van der Waals surface area contributed by atoms with E-state index in [1.807, 2.05) is 79.2 Å². The van der Waals surface area contributed by atoms with Crippen LogP contribution in [0, 0.1) is 6.92 Å². The van der Waals surface area contributed by atoms with Crippen LogP contribution in [0.4, 0.5) is 0 Å². The number of amidine groups is 1. The molecule has 0 N–H and O–H groups in total. The molecule has 1 aliphatic heterocycles. The zero-order valence-corrected chi connectivity index (χ0v) is 20.3. The average molecular weight is 485 g/mol. The fourth-order valence-corrected chi connectivity index (χ4v) is 4.07. The van der Waals surface area contributed by atoms with Crippen molar-refractivity contribution in [2.45, 2.75) is 26.0 Å². The van der Waals surface area contributed by atoms with E-state index in [2.05, 4.69) is 15.0 Å². The topological polar surface area (TPSA) is 51.9 Å². The number of nitrogens with zero attached hydrogens (tertiary/aromatic N) is 4. The Morgan fingerprint density at radius 2 is 1.94 bits per heavy atom. The standard InChI is InChI=1S/C25H26Cl2N4O2/c1-18-16-30(17-28-18)22-11-5-19(15-23(22)32-3)6-12-24-29-33-25(2,31(24)14-4-13-26)20-7-9-21(27)10-8-20/h5-12,15-17H,4,13-14H2,1-3H3. The second kappa shape index (κ2) is 9.89. The summed E-state index contributed by atoms with van der Waals surface area (Å²) in [4.78, 5) is 12.4. The van der Waals surface area contributed by atoms with Gasteiger partial charge in [-0.3, -0.25) is 0 Å². The van der Waals surface area contributed by atoms with E-state index in [1.165, 1.54) is 0 Å². The number of halogens is 2. The Hall–Kier alpha value is -2.96. The van der Waals surface area contributed by atoms with Crippen LogP contribution in [0.2, 0.25) is 5.02 Å². The first-order valence-corrected chi connectivity index (χ1v) is 11.6. The second-order valence-corrected chi connectivity index (χ2v) is 8.73. The summed E-state index contributed by atoms with van der Waals surface area (Å²) in [6, 6.07) is 13.7. The highest BCUT2D eigenvalue weighted by atomic mass is 35.5. The number of oxime groups is 1. The van der Waals surface area contributed by atoms with Crippen LogP contribution >= 0.6 is 23.2 Å². The van der Waals surface area contributed by atoms with Gasteiger partial charge in [-0.2, -0.15) is 0 Å². The molecule has 1 aliphatic rings. The molecule has 1 aromatic heterocycles. The summed E-state index contributed by atoms with van der Waals surface area (Å²) in [5, 5.41) is 5.06. The van der Waals surface area contributed by atoms with Crippen LogP contribution in [0.15, 0.2) is 66.2 Å². The van der Waals surface area contributed by atoms with Crippen molar-refractivity contribution in [2.75, 3.05) is 19.5 Å². The minimum atomic E-state index is -0.739. The van der Waals surface area contributed by atoms with Crippen molar-refractivity contribution in [1.29, 1.82) is 0 Å². The fourth-order valence-electron chi connectivity index (χ4n) is 3.82. The number of aromatic nitrogens is 2. The quantitative estimate of drug-likeness (QED) is 0.367. The van der Waals surface area contributed by atoms with Gasteiger partial charge >= 0.3 is 0 Å². The van der Waals surface area contributed by atoms with Gasteiger partial charge in [0.05, 0.1) is 24.8 Å². The van der Waals surface area contributed by atoms with Gasteiger partial charge in [0.25, 0.3) is 0 Å². The van der Waals surface area contributed by atoms with Crippen molar-refractivity contribution in [3.63, 3.8) is 0 Å².